The van der Waals surface area contributed by atoms with Gasteiger partial charge in [0.25, 0.3) is 0 Å². The van der Waals surface area contributed by atoms with Crippen molar-refractivity contribution in [1.29, 1.82) is 0 Å². The number of carbonyl (C=O) groups is 1. The Morgan fingerprint density at radius 3 is 2.69 bits per heavy atom. The second-order valence-electron chi connectivity index (χ2n) is 2.99. The summed E-state index contributed by atoms with van der Waals surface area (Å²) in [5, 5.41) is 8.51. The van der Waals surface area contributed by atoms with Gasteiger partial charge >= 0.3 is 0 Å². The fourth-order valence-corrected chi connectivity index (χ4v) is 0.932. The molecule has 0 heterocycles. The number of amides is 1. The minimum atomic E-state index is 0.116. The van der Waals surface area contributed by atoms with E-state index in [2.05, 4.69) is 0 Å². The maximum absolute atomic E-state index is 11.3. The van der Waals surface area contributed by atoms with Crippen molar-refractivity contribution >= 4 is 5.91 Å². The first-order valence-corrected chi connectivity index (χ1v) is 4.56. The quantitative estimate of drug-likeness (QED) is 0.584. The van der Waals surface area contributed by atoms with E-state index >= 15 is 0 Å². The van der Waals surface area contributed by atoms with E-state index in [9.17, 15) is 4.79 Å². The fourth-order valence-electron chi connectivity index (χ4n) is 0.932. The summed E-state index contributed by atoms with van der Waals surface area (Å²) < 4.78 is 4.85. The number of hydrogen-bond acceptors (Lipinski definition) is 3. The van der Waals surface area contributed by atoms with Crippen molar-refractivity contribution in [1.82, 2.24) is 4.90 Å². The molecule has 1 amide bonds. The highest BCUT2D eigenvalue weighted by molar-refractivity contribution is 5.75. The second-order valence-corrected chi connectivity index (χ2v) is 2.99. The van der Waals surface area contributed by atoms with Gasteiger partial charge in [-0.2, -0.15) is 0 Å². The van der Waals surface area contributed by atoms with Crippen LogP contribution >= 0.6 is 0 Å². The Balaban J connectivity index is 3.45. The van der Waals surface area contributed by atoms with Gasteiger partial charge < -0.3 is 14.7 Å². The topological polar surface area (TPSA) is 49.8 Å². The van der Waals surface area contributed by atoms with Crippen LogP contribution < -0.4 is 0 Å². The third kappa shape index (κ3) is 6.54. The van der Waals surface area contributed by atoms with Gasteiger partial charge in [0, 0.05) is 33.7 Å². The number of unbranched alkanes of at least 4 members (excludes halogenated alkanes) is 1. The molecule has 0 bridgehead atoms. The van der Waals surface area contributed by atoms with E-state index in [1.807, 2.05) is 0 Å². The molecule has 0 aromatic rings. The van der Waals surface area contributed by atoms with Gasteiger partial charge in [0.15, 0.2) is 0 Å². The highest BCUT2D eigenvalue weighted by Crippen LogP contribution is 1.98. The van der Waals surface area contributed by atoms with Gasteiger partial charge in [-0.15, -0.1) is 0 Å². The van der Waals surface area contributed by atoms with E-state index < -0.39 is 0 Å². The third-order valence-corrected chi connectivity index (χ3v) is 1.86. The van der Waals surface area contributed by atoms with Gasteiger partial charge in [-0.25, -0.2) is 0 Å². The Labute approximate surface area is 79.5 Å². The standard InChI is InChI=1S/C9H19NO3/c1-10(6-8-13-2)9(12)5-3-4-7-11/h11H,3-8H2,1-2H3. The molecule has 4 nitrogen and oxygen atoms in total. The van der Waals surface area contributed by atoms with Crippen LogP contribution in [0, 0.1) is 0 Å². The van der Waals surface area contributed by atoms with E-state index in [4.69, 9.17) is 9.84 Å². The lowest BCUT2D eigenvalue weighted by molar-refractivity contribution is -0.130. The van der Waals surface area contributed by atoms with Crippen molar-refractivity contribution in [2.45, 2.75) is 19.3 Å². The molecule has 0 rings (SSSR count). The van der Waals surface area contributed by atoms with E-state index in [0.29, 0.717) is 26.0 Å². The average molecular weight is 189 g/mol. The SMILES string of the molecule is COCCN(C)C(=O)CCCCO. The molecule has 0 saturated carbocycles. The molecule has 0 aromatic carbocycles. The number of hydrogen-bond donors (Lipinski definition) is 1. The third-order valence-electron chi connectivity index (χ3n) is 1.86. The lowest BCUT2D eigenvalue weighted by atomic mass is 10.2. The Morgan fingerprint density at radius 2 is 2.15 bits per heavy atom. The minimum Gasteiger partial charge on any atom is -0.396 e. The van der Waals surface area contributed by atoms with Crippen LogP contribution in [0.1, 0.15) is 19.3 Å². The van der Waals surface area contributed by atoms with Crippen LogP contribution in [0.15, 0.2) is 0 Å². The molecule has 0 aliphatic rings. The van der Waals surface area contributed by atoms with Gasteiger partial charge in [0.2, 0.25) is 5.91 Å². The summed E-state index contributed by atoms with van der Waals surface area (Å²) in [6.07, 6.45) is 1.97. The zero-order valence-electron chi connectivity index (χ0n) is 8.45. The van der Waals surface area contributed by atoms with Crippen LogP contribution in [0.2, 0.25) is 0 Å². The Bertz CT molecular complexity index is 139. The molecular weight excluding hydrogens is 170 g/mol. The predicted octanol–water partition coefficient (Wildman–Crippen LogP) is 0.254. The molecule has 0 aliphatic heterocycles. The van der Waals surface area contributed by atoms with Crippen LogP contribution in [0.5, 0.6) is 0 Å². The van der Waals surface area contributed by atoms with Crippen molar-refractivity contribution < 1.29 is 14.6 Å². The zero-order valence-corrected chi connectivity index (χ0v) is 8.45. The summed E-state index contributed by atoms with van der Waals surface area (Å²) in [6.45, 7) is 1.37. The van der Waals surface area contributed by atoms with Crippen LogP contribution in [0.3, 0.4) is 0 Å². The normalized spacial score (nSPS) is 10.1. The first-order chi connectivity index (χ1) is 6.22. The van der Waals surface area contributed by atoms with E-state index in [1.165, 1.54) is 0 Å². The second kappa shape index (κ2) is 8.01. The average Bonchev–Trinajstić information content (AvgIpc) is 2.14. The highest BCUT2D eigenvalue weighted by atomic mass is 16.5. The molecule has 0 aromatic heterocycles. The number of ether oxygens (including phenoxy) is 1. The van der Waals surface area contributed by atoms with Crippen LogP contribution in [0.4, 0.5) is 0 Å². The monoisotopic (exact) mass is 189 g/mol. The molecule has 13 heavy (non-hydrogen) atoms. The number of carbonyl (C=O) groups excluding carboxylic acids is 1. The van der Waals surface area contributed by atoms with Crippen molar-refractivity contribution in [3.8, 4) is 0 Å². The van der Waals surface area contributed by atoms with Crippen LogP contribution in [-0.2, 0) is 9.53 Å². The summed E-state index contributed by atoms with van der Waals surface area (Å²) in [5.74, 6) is 0.116. The maximum atomic E-state index is 11.3. The number of methoxy groups -OCH3 is 1. The molecule has 1 N–H and O–H groups in total. The molecule has 4 heteroatoms. The van der Waals surface area contributed by atoms with Gasteiger partial charge in [-0.1, -0.05) is 0 Å². The summed E-state index contributed by atoms with van der Waals surface area (Å²) in [7, 11) is 3.38. The fraction of sp³-hybridized carbons (Fsp3) is 0.889. The molecule has 0 spiro atoms. The number of rotatable bonds is 7. The summed E-state index contributed by atoms with van der Waals surface area (Å²) in [5.41, 5.74) is 0. The van der Waals surface area contributed by atoms with E-state index in [1.54, 1.807) is 19.1 Å². The minimum absolute atomic E-state index is 0.116. The van der Waals surface area contributed by atoms with E-state index in [-0.39, 0.29) is 12.5 Å². The number of aliphatic hydroxyl groups is 1. The molecule has 0 atom stereocenters. The van der Waals surface area contributed by atoms with Crippen molar-refractivity contribution in [2.24, 2.45) is 0 Å². The molecule has 0 unspecified atom stereocenters. The Hall–Kier alpha value is -0.610. The van der Waals surface area contributed by atoms with Crippen LogP contribution in [0.25, 0.3) is 0 Å². The largest absolute Gasteiger partial charge is 0.396 e. The van der Waals surface area contributed by atoms with Crippen LogP contribution in [-0.4, -0.2) is 49.8 Å². The van der Waals surface area contributed by atoms with E-state index in [0.717, 1.165) is 6.42 Å². The number of likely N-dealkylation sites (N-methyl/N-ethyl adjacent to an activating group) is 1. The number of nitrogens with zero attached hydrogens (tertiary/aromatic N) is 1. The highest BCUT2D eigenvalue weighted by Gasteiger charge is 2.06. The lowest BCUT2D eigenvalue weighted by Gasteiger charge is -2.16. The van der Waals surface area contributed by atoms with Crippen molar-refractivity contribution in [3.05, 3.63) is 0 Å². The maximum Gasteiger partial charge on any atom is 0.222 e. The summed E-state index contributed by atoms with van der Waals surface area (Å²) >= 11 is 0. The number of aliphatic hydroxyl groups excluding tert-OH is 1. The molecular formula is C9H19NO3. The summed E-state index contributed by atoms with van der Waals surface area (Å²) in [4.78, 5) is 13.0. The molecule has 78 valence electrons. The lowest BCUT2D eigenvalue weighted by Crippen LogP contribution is -2.29. The first kappa shape index (κ1) is 12.4. The molecule has 0 fully saturated rings. The first-order valence-electron chi connectivity index (χ1n) is 4.56. The van der Waals surface area contributed by atoms with Gasteiger partial charge in [0.1, 0.15) is 0 Å². The Kier molecular flexibility index (Phi) is 7.63. The van der Waals surface area contributed by atoms with Crippen molar-refractivity contribution in [2.75, 3.05) is 33.9 Å². The predicted molar refractivity (Wildman–Crippen MR) is 50.4 cm³/mol. The zero-order chi connectivity index (χ0) is 10.1. The van der Waals surface area contributed by atoms with Crippen molar-refractivity contribution in [3.63, 3.8) is 0 Å². The molecule has 0 aliphatic carbocycles. The molecule has 0 saturated heterocycles. The summed E-state index contributed by atoms with van der Waals surface area (Å²) in [6, 6.07) is 0. The van der Waals surface area contributed by atoms with Gasteiger partial charge in [-0.3, -0.25) is 4.79 Å². The Morgan fingerprint density at radius 1 is 1.46 bits per heavy atom. The smallest absolute Gasteiger partial charge is 0.222 e. The molecule has 0 radical (unpaired) electrons. The van der Waals surface area contributed by atoms with Gasteiger partial charge in [-0.05, 0) is 12.8 Å². The van der Waals surface area contributed by atoms with Gasteiger partial charge in [0.05, 0.1) is 6.61 Å².